The number of carbonyl (C=O) groups excluding carboxylic acids is 1. The number of rotatable bonds is 2. The number of aromatic nitrogens is 3. The van der Waals surface area contributed by atoms with E-state index in [1.165, 1.54) is 6.33 Å². The van der Waals surface area contributed by atoms with Crippen molar-refractivity contribution in [3.63, 3.8) is 0 Å². The Morgan fingerprint density at radius 1 is 1.73 bits per heavy atom. The van der Waals surface area contributed by atoms with Crippen LogP contribution < -0.4 is 5.73 Å². The normalized spacial score (nSPS) is 8.18. The predicted octanol–water partition coefficient (Wildman–Crippen LogP) is -0.141. The Bertz CT molecular complexity index is 194. The average molecular weight is 156 g/mol. The first-order chi connectivity index (χ1) is 5.29. The number of nitrogens with one attached hydrogen (secondary N) is 1. The Morgan fingerprint density at radius 2 is 2.36 bits per heavy atom. The number of primary amides is 1. The Hall–Kier alpha value is -1.39. The zero-order valence-corrected chi connectivity index (χ0v) is 6.66. The van der Waals surface area contributed by atoms with E-state index in [9.17, 15) is 4.79 Å². The molecule has 0 spiro atoms. The van der Waals surface area contributed by atoms with E-state index in [0.29, 0.717) is 5.82 Å². The van der Waals surface area contributed by atoms with E-state index >= 15 is 0 Å². The van der Waals surface area contributed by atoms with Crippen molar-refractivity contribution < 1.29 is 4.79 Å². The van der Waals surface area contributed by atoms with Crippen molar-refractivity contribution in [1.29, 1.82) is 0 Å². The minimum absolute atomic E-state index is 0.125. The first-order valence-electron chi connectivity index (χ1n) is 3.41. The summed E-state index contributed by atoms with van der Waals surface area (Å²) >= 11 is 0. The number of aromatic amines is 1. The van der Waals surface area contributed by atoms with E-state index < -0.39 is 5.91 Å². The average Bonchev–Trinajstić information content (AvgIpc) is 2.43. The second-order valence-corrected chi connectivity index (χ2v) is 1.58. The van der Waals surface area contributed by atoms with Gasteiger partial charge in [0.15, 0.2) is 0 Å². The molecule has 1 rings (SSSR count). The third-order valence-electron chi connectivity index (χ3n) is 0.807. The van der Waals surface area contributed by atoms with Crippen molar-refractivity contribution in [3.05, 3.63) is 12.2 Å². The Morgan fingerprint density at radius 3 is 2.73 bits per heavy atom. The fraction of sp³-hybridized carbons (Fsp3) is 0.500. The van der Waals surface area contributed by atoms with Crippen molar-refractivity contribution in [1.82, 2.24) is 15.2 Å². The highest BCUT2D eigenvalue weighted by Gasteiger charge is 1.98. The van der Waals surface area contributed by atoms with Crippen LogP contribution in [0.4, 0.5) is 0 Å². The lowest BCUT2D eigenvalue weighted by atomic mass is 10.4. The summed E-state index contributed by atoms with van der Waals surface area (Å²) in [4.78, 5) is 13.9. The van der Waals surface area contributed by atoms with Crippen molar-refractivity contribution in [2.75, 3.05) is 0 Å². The lowest BCUT2D eigenvalue weighted by molar-refractivity contribution is -0.117. The number of carbonyl (C=O) groups is 1. The predicted molar refractivity (Wildman–Crippen MR) is 40.6 cm³/mol. The smallest absolute Gasteiger partial charge is 0.225 e. The van der Waals surface area contributed by atoms with Crippen LogP contribution in [0.3, 0.4) is 0 Å². The zero-order valence-electron chi connectivity index (χ0n) is 6.66. The molecule has 0 unspecified atom stereocenters. The molecule has 0 atom stereocenters. The van der Waals surface area contributed by atoms with Gasteiger partial charge < -0.3 is 5.73 Å². The fourth-order valence-electron chi connectivity index (χ4n) is 0.481. The van der Waals surface area contributed by atoms with Crippen molar-refractivity contribution >= 4 is 5.91 Å². The second-order valence-electron chi connectivity index (χ2n) is 1.58. The molecule has 1 aromatic heterocycles. The van der Waals surface area contributed by atoms with E-state index in [2.05, 4.69) is 15.2 Å². The van der Waals surface area contributed by atoms with E-state index in [1.807, 2.05) is 13.8 Å². The van der Waals surface area contributed by atoms with Crippen LogP contribution in [0.2, 0.25) is 0 Å². The summed E-state index contributed by atoms with van der Waals surface area (Å²) in [5.41, 5.74) is 4.86. The summed E-state index contributed by atoms with van der Waals surface area (Å²) in [6, 6.07) is 0. The maximum absolute atomic E-state index is 10.2. The first kappa shape index (κ1) is 9.61. The zero-order chi connectivity index (χ0) is 8.69. The molecule has 11 heavy (non-hydrogen) atoms. The van der Waals surface area contributed by atoms with E-state index in [-0.39, 0.29) is 6.42 Å². The lowest BCUT2D eigenvalue weighted by Crippen LogP contribution is -2.14. The van der Waals surface area contributed by atoms with Gasteiger partial charge in [-0.1, -0.05) is 13.8 Å². The summed E-state index contributed by atoms with van der Waals surface area (Å²) in [5.74, 6) is 0.0919. The van der Waals surface area contributed by atoms with Gasteiger partial charge in [-0.05, 0) is 0 Å². The van der Waals surface area contributed by atoms with Gasteiger partial charge in [0.2, 0.25) is 5.91 Å². The van der Waals surface area contributed by atoms with E-state index in [1.54, 1.807) is 0 Å². The number of hydrogen-bond donors (Lipinski definition) is 2. The highest BCUT2D eigenvalue weighted by molar-refractivity contribution is 5.75. The third kappa shape index (κ3) is 4.07. The first-order valence-corrected chi connectivity index (χ1v) is 3.41. The summed E-state index contributed by atoms with van der Waals surface area (Å²) in [5, 5.41) is 6.04. The van der Waals surface area contributed by atoms with Gasteiger partial charge >= 0.3 is 0 Å². The molecule has 0 aliphatic rings. The maximum atomic E-state index is 10.2. The van der Waals surface area contributed by atoms with Crippen LogP contribution in [0.1, 0.15) is 19.7 Å². The number of hydrogen-bond acceptors (Lipinski definition) is 3. The third-order valence-corrected chi connectivity index (χ3v) is 0.807. The van der Waals surface area contributed by atoms with E-state index in [4.69, 9.17) is 5.73 Å². The molecule has 0 radical (unpaired) electrons. The SMILES string of the molecule is CC.NC(=O)Cc1ncn[nH]1. The van der Waals surface area contributed by atoms with Crippen molar-refractivity contribution in [2.24, 2.45) is 5.73 Å². The van der Waals surface area contributed by atoms with Crippen LogP contribution in [-0.2, 0) is 11.2 Å². The highest BCUT2D eigenvalue weighted by atomic mass is 16.1. The molecule has 1 aromatic rings. The maximum Gasteiger partial charge on any atom is 0.225 e. The molecule has 5 nitrogen and oxygen atoms in total. The van der Waals surface area contributed by atoms with E-state index in [0.717, 1.165) is 0 Å². The molecular formula is C6H12N4O. The highest BCUT2D eigenvalue weighted by Crippen LogP contribution is 1.83. The standard InChI is InChI=1S/C4H6N4O.C2H6/c5-3(9)1-4-6-2-7-8-4;1-2/h2H,1H2,(H2,5,9)(H,6,7,8);1-2H3. The largest absolute Gasteiger partial charge is 0.369 e. The molecule has 1 heterocycles. The van der Waals surface area contributed by atoms with Crippen LogP contribution in [0.15, 0.2) is 6.33 Å². The second kappa shape index (κ2) is 5.40. The molecule has 0 saturated carbocycles. The molecular weight excluding hydrogens is 144 g/mol. The lowest BCUT2D eigenvalue weighted by Gasteiger charge is -1.85. The van der Waals surface area contributed by atoms with Gasteiger partial charge in [0.05, 0.1) is 6.42 Å². The topological polar surface area (TPSA) is 84.7 Å². The fourth-order valence-corrected chi connectivity index (χ4v) is 0.481. The minimum Gasteiger partial charge on any atom is -0.369 e. The number of H-pyrrole nitrogens is 1. The summed E-state index contributed by atoms with van der Waals surface area (Å²) < 4.78 is 0. The molecule has 0 aromatic carbocycles. The van der Waals surface area contributed by atoms with Crippen LogP contribution in [-0.4, -0.2) is 21.1 Å². The quantitative estimate of drug-likeness (QED) is 0.625. The summed E-state index contributed by atoms with van der Waals surface area (Å²) in [7, 11) is 0. The van der Waals surface area contributed by atoms with Gasteiger partial charge in [0.1, 0.15) is 12.2 Å². The van der Waals surface area contributed by atoms with Gasteiger partial charge in [0, 0.05) is 0 Å². The molecule has 62 valence electrons. The molecule has 0 aliphatic heterocycles. The van der Waals surface area contributed by atoms with Gasteiger partial charge in [0.25, 0.3) is 0 Å². The number of amides is 1. The molecule has 0 aliphatic carbocycles. The van der Waals surface area contributed by atoms with Gasteiger partial charge in [-0.15, -0.1) is 0 Å². The molecule has 0 saturated heterocycles. The van der Waals surface area contributed by atoms with Crippen LogP contribution in [0, 0.1) is 0 Å². The van der Waals surface area contributed by atoms with Crippen molar-refractivity contribution in [3.8, 4) is 0 Å². The molecule has 0 bridgehead atoms. The molecule has 0 fully saturated rings. The Kier molecular flexibility index (Phi) is 4.72. The van der Waals surface area contributed by atoms with Gasteiger partial charge in [-0.25, -0.2) is 4.98 Å². The number of nitrogens with two attached hydrogens (primary N) is 1. The summed E-state index contributed by atoms with van der Waals surface area (Å²) in [6.07, 6.45) is 1.46. The minimum atomic E-state index is -0.410. The summed E-state index contributed by atoms with van der Waals surface area (Å²) in [6.45, 7) is 4.00. The number of nitrogens with zero attached hydrogens (tertiary/aromatic N) is 2. The van der Waals surface area contributed by atoms with Crippen LogP contribution >= 0.6 is 0 Å². The molecule has 3 N–H and O–H groups in total. The van der Waals surface area contributed by atoms with Gasteiger partial charge in [-0.3, -0.25) is 9.89 Å². The molecule has 5 heteroatoms. The Labute approximate surface area is 65.0 Å². The van der Waals surface area contributed by atoms with Crippen LogP contribution in [0.25, 0.3) is 0 Å². The van der Waals surface area contributed by atoms with Crippen molar-refractivity contribution in [2.45, 2.75) is 20.3 Å². The van der Waals surface area contributed by atoms with Gasteiger partial charge in [-0.2, -0.15) is 5.10 Å². The monoisotopic (exact) mass is 156 g/mol. The van der Waals surface area contributed by atoms with Crippen LogP contribution in [0.5, 0.6) is 0 Å². The Balaban J connectivity index is 0.000000461. The molecule has 1 amide bonds.